The first-order valence-corrected chi connectivity index (χ1v) is 18.8. The number of hydrogen-bond acceptors (Lipinski definition) is 7. The number of fused-ring (bicyclic) bond motifs is 2. The largest absolute Gasteiger partial charge is 0.394 e. The Balaban J connectivity index is 1.36. The molecule has 3 aliphatic carbocycles. The number of nitrogens with one attached hydrogen (secondary N) is 1. The summed E-state index contributed by atoms with van der Waals surface area (Å²) in [6.45, 7) is 15.7. The summed E-state index contributed by atoms with van der Waals surface area (Å²) in [4.78, 5) is 25.2. The third kappa shape index (κ3) is 8.71. The molecule has 49 heavy (non-hydrogen) atoms. The van der Waals surface area contributed by atoms with E-state index >= 15 is 0 Å². The molecule has 1 amide bonds. The number of likely N-dealkylation sites (N-methyl/N-ethyl adjacent to an activating group) is 1. The van der Waals surface area contributed by atoms with Gasteiger partial charge in [0.1, 0.15) is 12.1 Å². The molecule has 2 aromatic rings. The van der Waals surface area contributed by atoms with Crippen LogP contribution in [0.4, 0.5) is 0 Å². The van der Waals surface area contributed by atoms with Crippen LogP contribution in [0.15, 0.2) is 48.5 Å². The Morgan fingerprint density at radius 1 is 1.08 bits per heavy atom. The van der Waals surface area contributed by atoms with E-state index in [0.717, 1.165) is 48.6 Å². The molecule has 272 valence electrons. The number of nitrogens with zero attached hydrogens (tertiary/aromatic N) is 3. The minimum Gasteiger partial charge on any atom is -0.394 e. The van der Waals surface area contributed by atoms with Crippen molar-refractivity contribution < 1.29 is 19.8 Å². The molecule has 1 aliphatic heterocycles. The second-order valence-electron chi connectivity index (χ2n) is 16.6. The SMILES string of the molecule is CC(C)C[C@@H](CN(C)C)N(Cc1cccc(CN2O[C@@H](CO)[C@@H]([C@H](C)O)[C@H]2C(=O)N[C@H]2C[C@H]3C[C@@H]([C@@H]2C)C3(C)C)c1)Cc1ccccc1Cl. The van der Waals surface area contributed by atoms with Crippen molar-refractivity contribution in [3.63, 3.8) is 0 Å². The average molecular weight is 697 g/mol. The summed E-state index contributed by atoms with van der Waals surface area (Å²) < 4.78 is 0. The fourth-order valence-electron chi connectivity index (χ4n) is 9.19. The van der Waals surface area contributed by atoms with Crippen LogP contribution in [0.2, 0.25) is 5.02 Å². The molecular weight excluding hydrogens is 636 g/mol. The molecule has 0 unspecified atom stereocenters. The molecule has 9 heteroatoms. The number of carbonyl (C=O) groups is 1. The Morgan fingerprint density at radius 2 is 1.80 bits per heavy atom. The minimum absolute atomic E-state index is 0.0994. The van der Waals surface area contributed by atoms with Crippen LogP contribution in [0.3, 0.4) is 0 Å². The highest BCUT2D eigenvalue weighted by molar-refractivity contribution is 6.31. The smallest absolute Gasteiger partial charge is 0.240 e. The van der Waals surface area contributed by atoms with Gasteiger partial charge in [-0.25, -0.2) is 0 Å². The Hall–Kier alpha value is -2.04. The fourth-order valence-corrected chi connectivity index (χ4v) is 9.38. The predicted octanol–water partition coefficient (Wildman–Crippen LogP) is 5.98. The summed E-state index contributed by atoms with van der Waals surface area (Å²) in [5.41, 5.74) is 3.61. The van der Waals surface area contributed by atoms with Crippen LogP contribution in [-0.2, 0) is 29.3 Å². The van der Waals surface area contributed by atoms with Crippen LogP contribution in [0.5, 0.6) is 0 Å². The Bertz CT molecular complexity index is 1390. The van der Waals surface area contributed by atoms with Crippen molar-refractivity contribution in [3.05, 3.63) is 70.2 Å². The van der Waals surface area contributed by atoms with E-state index in [9.17, 15) is 15.0 Å². The number of hydroxylamine groups is 2. The molecule has 3 N–H and O–H groups in total. The number of aliphatic hydroxyl groups excluding tert-OH is 2. The lowest BCUT2D eigenvalue weighted by Crippen LogP contribution is -2.62. The number of carbonyl (C=O) groups excluding carboxylic acids is 1. The first kappa shape index (κ1) is 38.2. The van der Waals surface area contributed by atoms with E-state index in [1.165, 1.54) is 12.0 Å². The van der Waals surface area contributed by atoms with E-state index in [0.29, 0.717) is 41.7 Å². The van der Waals surface area contributed by atoms with Crippen LogP contribution in [0.1, 0.15) is 77.5 Å². The van der Waals surface area contributed by atoms with Crippen molar-refractivity contribution >= 4 is 17.5 Å². The molecule has 8 nitrogen and oxygen atoms in total. The van der Waals surface area contributed by atoms with E-state index in [-0.39, 0.29) is 18.6 Å². The summed E-state index contributed by atoms with van der Waals surface area (Å²) in [5.74, 6) is 1.47. The lowest BCUT2D eigenvalue weighted by molar-refractivity contribution is -0.183. The van der Waals surface area contributed by atoms with Crippen LogP contribution in [0.25, 0.3) is 0 Å². The van der Waals surface area contributed by atoms with Gasteiger partial charge in [0.25, 0.3) is 0 Å². The maximum absolute atomic E-state index is 14.1. The molecule has 1 saturated heterocycles. The van der Waals surface area contributed by atoms with Gasteiger partial charge in [0, 0.05) is 42.7 Å². The van der Waals surface area contributed by atoms with Crippen molar-refractivity contribution in [3.8, 4) is 0 Å². The molecular formula is C40H61ClN4O4. The van der Waals surface area contributed by atoms with E-state index in [1.807, 2.05) is 18.2 Å². The molecule has 0 radical (unpaired) electrons. The highest BCUT2D eigenvalue weighted by Crippen LogP contribution is 2.61. The second-order valence-corrected chi connectivity index (χ2v) is 17.0. The highest BCUT2D eigenvalue weighted by atomic mass is 35.5. The number of benzene rings is 2. The number of hydrogen-bond donors (Lipinski definition) is 3. The van der Waals surface area contributed by atoms with Gasteiger partial charge in [-0.15, -0.1) is 0 Å². The summed E-state index contributed by atoms with van der Waals surface area (Å²) in [6.07, 6.45) is 1.78. The van der Waals surface area contributed by atoms with Crippen LogP contribution in [0, 0.1) is 35.0 Å². The van der Waals surface area contributed by atoms with Crippen molar-refractivity contribution in [2.45, 2.75) is 111 Å². The molecule has 0 spiro atoms. The van der Waals surface area contributed by atoms with Crippen molar-refractivity contribution in [2.75, 3.05) is 27.2 Å². The molecule has 0 aromatic heterocycles. The fraction of sp³-hybridized carbons (Fsp3) is 0.675. The molecule has 2 aromatic carbocycles. The van der Waals surface area contributed by atoms with Gasteiger partial charge < -0.3 is 20.4 Å². The first-order valence-electron chi connectivity index (χ1n) is 18.4. The third-order valence-electron chi connectivity index (χ3n) is 11.9. The normalized spacial score (nSPS) is 29.3. The third-order valence-corrected chi connectivity index (χ3v) is 12.3. The zero-order valence-electron chi connectivity index (χ0n) is 31.0. The van der Waals surface area contributed by atoms with Gasteiger partial charge in [-0.1, -0.05) is 88.7 Å². The van der Waals surface area contributed by atoms with Crippen molar-refractivity contribution in [2.24, 2.45) is 35.0 Å². The lowest BCUT2D eigenvalue weighted by Gasteiger charge is -2.62. The number of amides is 1. The summed E-state index contributed by atoms with van der Waals surface area (Å²) in [5, 5.41) is 27.0. The molecule has 4 aliphatic rings. The standard InChI is InChI=1S/C40H61ClN4O4/c1-25(2)16-32(23-43(7)8)44(22-30-14-9-10-15-34(30)41)20-28-12-11-13-29(17-28)21-45-38(37(27(4)47)36(24-46)49-45)39(48)42-35-19-31-18-33(26(35)3)40(31,5)6/h9-15,17,25-27,31-33,35-38,46-47H,16,18-24H2,1-8H3,(H,42,48)/t26-,27-,31+,32-,33-,35-,36-,37+,38-/m0/s1. The summed E-state index contributed by atoms with van der Waals surface area (Å²) in [7, 11) is 4.26. The maximum atomic E-state index is 14.1. The molecule has 9 atom stereocenters. The minimum atomic E-state index is -0.826. The topological polar surface area (TPSA) is 88.5 Å². The van der Waals surface area contributed by atoms with E-state index in [1.54, 1.807) is 12.0 Å². The quantitative estimate of drug-likeness (QED) is 0.211. The highest BCUT2D eigenvalue weighted by Gasteiger charge is 2.57. The zero-order valence-corrected chi connectivity index (χ0v) is 31.7. The summed E-state index contributed by atoms with van der Waals surface area (Å²) >= 11 is 6.67. The summed E-state index contributed by atoms with van der Waals surface area (Å²) in [6, 6.07) is 16.3. The molecule has 6 rings (SSSR count). The van der Waals surface area contributed by atoms with Gasteiger partial charge in [-0.3, -0.25) is 14.5 Å². The van der Waals surface area contributed by atoms with E-state index in [4.69, 9.17) is 16.4 Å². The average Bonchev–Trinajstić information content (AvgIpc) is 3.40. The second kappa shape index (κ2) is 16.1. The number of aliphatic hydroxyl groups is 2. The van der Waals surface area contributed by atoms with Crippen LogP contribution in [-0.4, -0.2) is 88.6 Å². The molecule has 3 saturated carbocycles. The monoisotopic (exact) mass is 696 g/mol. The van der Waals surface area contributed by atoms with Gasteiger partial charge in [0.2, 0.25) is 5.91 Å². The van der Waals surface area contributed by atoms with E-state index in [2.05, 4.69) is 94.2 Å². The van der Waals surface area contributed by atoms with Gasteiger partial charge in [0.05, 0.1) is 19.3 Å². The van der Waals surface area contributed by atoms with Gasteiger partial charge in [-0.05, 0) is 92.1 Å². The first-order chi connectivity index (χ1) is 23.2. The van der Waals surface area contributed by atoms with Crippen molar-refractivity contribution in [1.82, 2.24) is 20.2 Å². The van der Waals surface area contributed by atoms with Crippen molar-refractivity contribution in [1.29, 1.82) is 0 Å². The maximum Gasteiger partial charge on any atom is 0.240 e. The van der Waals surface area contributed by atoms with E-state index < -0.39 is 24.2 Å². The number of rotatable bonds is 15. The number of halogens is 1. The van der Waals surface area contributed by atoms with Crippen LogP contribution >= 0.6 is 11.6 Å². The van der Waals surface area contributed by atoms with Crippen LogP contribution < -0.4 is 5.32 Å². The Labute approximate surface area is 300 Å². The van der Waals surface area contributed by atoms with Gasteiger partial charge in [-0.2, -0.15) is 5.06 Å². The molecule has 4 fully saturated rings. The van der Waals surface area contributed by atoms with Gasteiger partial charge >= 0.3 is 0 Å². The zero-order chi connectivity index (χ0) is 35.6. The Kier molecular flexibility index (Phi) is 12.6. The Morgan fingerprint density at radius 3 is 2.41 bits per heavy atom. The predicted molar refractivity (Wildman–Crippen MR) is 196 cm³/mol. The lowest BCUT2D eigenvalue weighted by atomic mass is 9.45. The molecule has 2 bridgehead atoms. The molecule has 1 heterocycles. The van der Waals surface area contributed by atoms with Gasteiger partial charge in [0.15, 0.2) is 0 Å².